The fourth-order valence-electron chi connectivity index (χ4n) is 2.99. The van der Waals surface area contributed by atoms with Gasteiger partial charge in [-0.05, 0) is 42.8 Å². The number of nitrogens with zero attached hydrogens (tertiary/aromatic N) is 2. The van der Waals surface area contributed by atoms with E-state index in [1.807, 2.05) is 5.32 Å². The average molecular weight is 490 g/mol. The Morgan fingerprint density at radius 1 is 1.21 bits per heavy atom. The highest BCUT2D eigenvalue weighted by Gasteiger charge is 2.37. The zero-order valence-corrected chi connectivity index (χ0v) is 18.2. The van der Waals surface area contributed by atoms with Crippen molar-refractivity contribution in [1.82, 2.24) is 5.32 Å². The molecule has 0 aliphatic carbocycles. The number of urea groups is 1. The van der Waals surface area contributed by atoms with Crippen LogP contribution in [0.15, 0.2) is 42.0 Å². The van der Waals surface area contributed by atoms with E-state index in [1.165, 1.54) is 24.3 Å². The summed E-state index contributed by atoms with van der Waals surface area (Å²) in [4.78, 5) is 59.4. The maximum Gasteiger partial charge on any atom is 0.341 e. The number of non-ortho nitro benzene ring substituents is 1. The number of hydrogen-bond donors (Lipinski definition) is 2. The van der Waals surface area contributed by atoms with Gasteiger partial charge in [-0.3, -0.25) is 25.0 Å². The first-order valence-corrected chi connectivity index (χ1v) is 9.97. The molecule has 0 saturated carbocycles. The Kier molecular flexibility index (Phi) is 7.12. The number of amides is 4. The van der Waals surface area contributed by atoms with Crippen LogP contribution in [0, 0.1) is 10.1 Å². The minimum Gasteiger partial charge on any atom is -0.490 e. The molecule has 2 N–H and O–H groups in total. The van der Waals surface area contributed by atoms with Crippen molar-refractivity contribution >= 4 is 52.9 Å². The average Bonchev–Trinajstić information content (AvgIpc) is 2.76. The highest BCUT2D eigenvalue weighted by molar-refractivity contribution is 6.39. The van der Waals surface area contributed by atoms with Crippen LogP contribution in [0.3, 0.4) is 0 Å². The molecule has 12 nitrogen and oxygen atoms in total. The van der Waals surface area contributed by atoms with Gasteiger partial charge in [-0.1, -0.05) is 11.6 Å². The smallest absolute Gasteiger partial charge is 0.341 e. The van der Waals surface area contributed by atoms with E-state index in [-0.39, 0.29) is 40.1 Å². The van der Waals surface area contributed by atoms with E-state index in [9.17, 15) is 29.3 Å². The van der Waals surface area contributed by atoms with Crippen molar-refractivity contribution in [3.8, 4) is 11.5 Å². The number of anilines is 1. The molecule has 0 atom stereocenters. The summed E-state index contributed by atoms with van der Waals surface area (Å²) < 4.78 is 10.6. The molecule has 0 radical (unpaired) electrons. The molecule has 0 unspecified atom stereocenters. The largest absolute Gasteiger partial charge is 0.490 e. The van der Waals surface area contributed by atoms with E-state index in [0.717, 1.165) is 18.2 Å². The zero-order valence-electron chi connectivity index (χ0n) is 17.4. The fourth-order valence-corrected chi connectivity index (χ4v) is 3.26. The predicted molar refractivity (Wildman–Crippen MR) is 118 cm³/mol. The minimum atomic E-state index is -1.23. The van der Waals surface area contributed by atoms with Gasteiger partial charge in [0.25, 0.3) is 17.5 Å². The molecule has 1 aliphatic heterocycles. The van der Waals surface area contributed by atoms with Gasteiger partial charge in [0.2, 0.25) is 0 Å². The Bertz CT molecular complexity index is 1220. The van der Waals surface area contributed by atoms with Crippen LogP contribution in [0.5, 0.6) is 11.5 Å². The standard InChI is InChI=1S/C21H16ClN3O9/c1-2-33-16-9-11(8-15(22)18(16)34-10-17(26)27)7-14-19(28)23-21(30)24(20(14)29)12-3-5-13(6-4-12)25(31)32/h3-9H,2,10H2,1H3,(H,26,27)(H,23,28,30)/b14-7+. The molecule has 4 amide bonds. The first-order chi connectivity index (χ1) is 16.1. The van der Waals surface area contributed by atoms with Gasteiger partial charge in [0.05, 0.1) is 22.2 Å². The normalized spacial score (nSPS) is 14.7. The van der Waals surface area contributed by atoms with Gasteiger partial charge in [-0.15, -0.1) is 0 Å². The number of carboxylic acids is 1. The summed E-state index contributed by atoms with van der Waals surface area (Å²) in [5, 5.41) is 21.7. The van der Waals surface area contributed by atoms with Gasteiger partial charge >= 0.3 is 12.0 Å². The summed E-state index contributed by atoms with van der Waals surface area (Å²) in [7, 11) is 0. The lowest BCUT2D eigenvalue weighted by Crippen LogP contribution is -2.54. The Hall–Kier alpha value is -4.45. The van der Waals surface area contributed by atoms with Crippen LogP contribution in [0.1, 0.15) is 12.5 Å². The number of barbiturate groups is 1. The number of nitro groups is 1. The third kappa shape index (κ3) is 5.13. The van der Waals surface area contributed by atoms with Gasteiger partial charge in [-0.2, -0.15) is 0 Å². The molecule has 1 saturated heterocycles. The van der Waals surface area contributed by atoms with Crippen LogP contribution < -0.4 is 19.7 Å². The molecule has 1 aliphatic rings. The lowest BCUT2D eigenvalue weighted by molar-refractivity contribution is -0.384. The van der Waals surface area contributed by atoms with Crippen LogP contribution >= 0.6 is 11.6 Å². The van der Waals surface area contributed by atoms with Crippen molar-refractivity contribution < 1.29 is 38.7 Å². The quantitative estimate of drug-likeness (QED) is 0.245. The van der Waals surface area contributed by atoms with Gasteiger partial charge in [-0.25, -0.2) is 14.5 Å². The first kappa shape index (κ1) is 24.2. The SMILES string of the molecule is CCOc1cc(/C=C2\C(=O)NC(=O)N(c3ccc([N+](=O)[O-])cc3)C2=O)cc(Cl)c1OCC(=O)O. The molecule has 0 spiro atoms. The highest BCUT2D eigenvalue weighted by atomic mass is 35.5. The van der Waals surface area contributed by atoms with Gasteiger partial charge in [0.15, 0.2) is 18.1 Å². The molecular weight excluding hydrogens is 474 g/mol. The van der Waals surface area contributed by atoms with E-state index >= 15 is 0 Å². The van der Waals surface area contributed by atoms with Crippen LogP contribution in [0.2, 0.25) is 5.02 Å². The Morgan fingerprint density at radius 2 is 1.88 bits per heavy atom. The number of imide groups is 2. The Balaban J connectivity index is 1.99. The summed E-state index contributed by atoms with van der Waals surface area (Å²) >= 11 is 6.20. The van der Waals surface area contributed by atoms with Crippen molar-refractivity contribution in [3.63, 3.8) is 0 Å². The highest BCUT2D eigenvalue weighted by Crippen LogP contribution is 2.37. The number of ether oxygens (including phenoxy) is 2. The second-order valence-electron chi connectivity index (χ2n) is 6.68. The number of hydrogen-bond acceptors (Lipinski definition) is 8. The second-order valence-corrected chi connectivity index (χ2v) is 7.08. The number of rotatable bonds is 8. The van der Waals surface area contributed by atoms with E-state index in [0.29, 0.717) is 4.90 Å². The van der Waals surface area contributed by atoms with E-state index in [4.69, 9.17) is 26.2 Å². The first-order valence-electron chi connectivity index (χ1n) is 9.59. The summed E-state index contributed by atoms with van der Waals surface area (Å²) in [6.45, 7) is 1.18. The third-order valence-corrected chi connectivity index (χ3v) is 4.68. The number of nitro benzene ring substituents is 1. The van der Waals surface area contributed by atoms with Crippen molar-refractivity contribution in [2.24, 2.45) is 0 Å². The van der Waals surface area contributed by atoms with E-state index in [2.05, 4.69) is 0 Å². The number of carbonyl (C=O) groups is 4. The number of aliphatic carboxylic acids is 1. The number of benzene rings is 2. The molecule has 34 heavy (non-hydrogen) atoms. The number of carboxylic acid groups (broad SMARTS) is 1. The van der Waals surface area contributed by atoms with Crippen LogP contribution in [0.25, 0.3) is 6.08 Å². The number of carbonyl (C=O) groups excluding carboxylic acids is 3. The summed E-state index contributed by atoms with van der Waals surface area (Å²) in [6, 6.07) is 6.29. The summed E-state index contributed by atoms with van der Waals surface area (Å²) in [5.41, 5.74) is -0.427. The number of halogens is 1. The van der Waals surface area contributed by atoms with Gasteiger partial charge in [0, 0.05) is 12.1 Å². The molecule has 3 rings (SSSR count). The Morgan fingerprint density at radius 3 is 2.47 bits per heavy atom. The molecule has 2 aromatic carbocycles. The van der Waals surface area contributed by atoms with E-state index in [1.54, 1.807) is 6.92 Å². The third-order valence-electron chi connectivity index (χ3n) is 4.40. The van der Waals surface area contributed by atoms with Crippen molar-refractivity contribution in [2.75, 3.05) is 18.1 Å². The molecule has 0 bridgehead atoms. The molecule has 0 aromatic heterocycles. The molecule has 1 fully saturated rings. The van der Waals surface area contributed by atoms with Crippen LogP contribution in [-0.2, 0) is 14.4 Å². The van der Waals surface area contributed by atoms with Crippen molar-refractivity contribution in [3.05, 3.63) is 62.7 Å². The van der Waals surface area contributed by atoms with Crippen molar-refractivity contribution in [1.29, 1.82) is 0 Å². The maximum atomic E-state index is 13.0. The molecule has 1 heterocycles. The topological polar surface area (TPSA) is 165 Å². The summed E-state index contributed by atoms with van der Waals surface area (Å²) in [5.74, 6) is -3.12. The molecule has 13 heteroatoms. The lowest BCUT2D eigenvalue weighted by Gasteiger charge is -2.26. The number of nitrogens with one attached hydrogen (secondary N) is 1. The monoisotopic (exact) mass is 489 g/mol. The zero-order chi connectivity index (χ0) is 25.0. The van der Waals surface area contributed by atoms with Gasteiger partial charge in [0.1, 0.15) is 5.57 Å². The second kappa shape index (κ2) is 10.0. The Labute approximate surface area is 196 Å². The van der Waals surface area contributed by atoms with Crippen LogP contribution in [0.4, 0.5) is 16.2 Å². The van der Waals surface area contributed by atoms with Crippen LogP contribution in [-0.4, -0.2) is 47.1 Å². The maximum absolute atomic E-state index is 13.0. The van der Waals surface area contributed by atoms with E-state index < -0.39 is 40.9 Å². The summed E-state index contributed by atoms with van der Waals surface area (Å²) in [6.07, 6.45) is 1.16. The molecular formula is C21H16ClN3O9. The van der Waals surface area contributed by atoms with Crippen molar-refractivity contribution in [2.45, 2.75) is 6.92 Å². The molecule has 2 aromatic rings. The molecule has 176 valence electrons. The minimum absolute atomic E-state index is 0.0111. The predicted octanol–water partition coefficient (Wildman–Crippen LogP) is 2.78. The fraction of sp³-hybridized carbons (Fsp3) is 0.143. The van der Waals surface area contributed by atoms with Gasteiger partial charge < -0.3 is 14.6 Å². The lowest BCUT2D eigenvalue weighted by atomic mass is 10.1.